The van der Waals surface area contributed by atoms with Gasteiger partial charge in [0, 0.05) is 0 Å². The van der Waals surface area contributed by atoms with Gasteiger partial charge in [-0.3, -0.25) is 0 Å². The minimum Gasteiger partial charge on any atom is -0.477 e. The van der Waals surface area contributed by atoms with Crippen LogP contribution in [0.1, 0.15) is 158 Å². The van der Waals surface area contributed by atoms with E-state index in [9.17, 15) is 19.2 Å². The minimum absolute atomic E-state index is 0.236. The second kappa shape index (κ2) is 32.2. The van der Waals surface area contributed by atoms with E-state index in [1.54, 1.807) is 49.3 Å². The van der Waals surface area contributed by atoms with Crippen LogP contribution in [0.3, 0.4) is 0 Å². The molecule has 0 aromatic carbocycles. The van der Waals surface area contributed by atoms with Gasteiger partial charge in [0.1, 0.15) is 19.6 Å². The topological polar surface area (TPSA) is 149 Å². The van der Waals surface area contributed by atoms with Crippen LogP contribution in [-0.2, 0) is 19.2 Å². The molecule has 0 saturated heterocycles. The summed E-state index contributed by atoms with van der Waals surface area (Å²) in [5.41, 5.74) is 0. The van der Waals surface area contributed by atoms with Gasteiger partial charge in [-0.15, -0.1) is 0 Å². The molecule has 2 rings (SSSR count). The smallest absolute Gasteiger partial charge is 0.344 e. The fraction of sp³-hybridized carbons (Fsp3) is 0.762. The van der Waals surface area contributed by atoms with Gasteiger partial charge in [-0.25, -0.2) is 19.2 Å². The van der Waals surface area contributed by atoms with Crippen molar-refractivity contribution in [3.8, 4) is 0 Å². The van der Waals surface area contributed by atoms with Crippen LogP contribution in [0.5, 0.6) is 0 Å². The number of carbonyl (C=O) groups is 4. The second-order valence-corrected chi connectivity index (χ2v) is 29.9. The Kier molecular flexibility index (Phi) is 31.8. The van der Waals surface area contributed by atoms with Crippen molar-refractivity contribution >= 4 is 85.4 Å². The van der Waals surface area contributed by atoms with Gasteiger partial charge in [0.2, 0.25) is 0 Å². The van der Waals surface area contributed by atoms with Crippen molar-refractivity contribution in [2.24, 2.45) is 0 Å². The average molecular weight is 901 g/mol. The van der Waals surface area contributed by atoms with Crippen LogP contribution in [0.4, 0.5) is 0 Å². The van der Waals surface area contributed by atoms with Gasteiger partial charge in [0.25, 0.3) is 0 Å². The Morgan fingerprint density at radius 3 is 0.589 bits per heavy atom. The molecule has 14 heteroatoms. The zero-order valence-corrected chi connectivity index (χ0v) is 41.3. The maximum Gasteiger partial charge on any atom is 0.344 e. The minimum atomic E-state index is -1.41. The predicted molar refractivity (Wildman–Crippen MR) is 257 cm³/mol. The summed E-state index contributed by atoms with van der Waals surface area (Å²) in [6.07, 6.45) is 36.3. The van der Waals surface area contributed by atoms with Crippen molar-refractivity contribution in [3.63, 3.8) is 0 Å². The molecular weight excluding hydrogens is 823 g/mol. The van der Waals surface area contributed by atoms with Gasteiger partial charge in [0.05, 0.1) is 8.47 Å². The van der Waals surface area contributed by atoms with Crippen LogP contribution in [0.2, 0.25) is 0 Å². The molecule has 0 aliphatic carbocycles. The Bertz CT molecular complexity index is 1070. The molecule has 0 amide bonds. The first-order valence-corrected chi connectivity index (χ1v) is 30.5. The Labute approximate surface area is 358 Å². The second-order valence-electron chi connectivity index (χ2n) is 15.3. The molecule has 0 fully saturated rings. The van der Waals surface area contributed by atoms with Gasteiger partial charge in [-0.2, -0.15) is 0 Å². The molecule has 2 aliphatic rings. The van der Waals surface area contributed by atoms with Crippen molar-refractivity contribution in [1.82, 2.24) is 0 Å². The molecule has 0 aromatic rings. The number of carboxylic acid groups (broad SMARTS) is 4. The van der Waals surface area contributed by atoms with Crippen LogP contribution in [0, 0.1) is 0 Å². The molecule has 0 unspecified atom stereocenters. The molecule has 328 valence electrons. The monoisotopic (exact) mass is 900 g/mol. The number of carboxylic acids is 4. The first kappa shape index (κ1) is 55.4. The fourth-order valence-corrected chi connectivity index (χ4v) is 24.0. The number of hydrogen-bond donors (Lipinski definition) is 4. The normalized spacial score (nSPS) is 15.0. The van der Waals surface area contributed by atoms with E-state index in [0.717, 1.165) is 0 Å². The molecule has 56 heavy (non-hydrogen) atoms. The third kappa shape index (κ3) is 21.1. The Hall–Kier alpha value is -0.640. The summed E-state index contributed by atoms with van der Waals surface area (Å²) in [6, 6.07) is 0. The number of aliphatic carboxylic acids is 4. The third-order valence-corrected chi connectivity index (χ3v) is 27.6. The predicted octanol–water partition coefficient (Wildman–Crippen LogP) is 13.7. The third-order valence-electron chi connectivity index (χ3n) is 10.6. The number of hydrogen-bond acceptors (Lipinski definition) is 8. The first-order chi connectivity index (χ1) is 26.7. The van der Waals surface area contributed by atoms with E-state index in [1.807, 2.05) is 0 Å². The van der Waals surface area contributed by atoms with E-state index in [2.05, 4.69) is 55.4 Å². The maximum absolute atomic E-state index is 11.0. The van der Waals surface area contributed by atoms with E-state index in [-0.39, 0.29) is 28.1 Å². The molecule has 2 heterocycles. The van der Waals surface area contributed by atoms with Crippen molar-refractivity contribution in [2.75, 3.05) is 49.3 Å². The van der Waals surface area contributed by atoms with Crippen molar-refractivity contribution in [3.05, 3.63) is 28.1 Å². The van der Waals surface area contributed by atoms with Crippen LogP contribution < -0.4 is 0 Å². The van der Waals surface area contributed by atoms with Crippen LogP contribution in [0.15, 0.2) is 28.1 Å². The van der Waals surface area contributed by atoms with Crippen LogP contribution in [-0.4, -0.2) is 93.6 Å². The number of thioether (sulfide) groups is 4. The quantitative estimate of drug-likeness (QED) is 0.0554. The van der Waals surface area contributed by atoms with E-state index in [1.165, 1.54) is 103 Å². The van der Waals surface area contributed by atoms with Gasteiger partial charge in [0.15, 0.2) is 0 Å². The van der Waals surface area contributed by atoms with Gasteiger partial charge >= 0.3 is 246 Å². The standard InChI is InChI=1S/2C16H37P.C10H4O8S4/c2*1-5-9-13-17(14-10-6-2,15-11-7-3)16-12-8-4;11-5(12)1-2(6(13)14)20-9(19-1)10-21-3(7(15)16)4(22-10)8(17)18/h2*17H,5-16H2,1-4H3;(H,11,12)(H,13,14)(H,15,16)(H,17,18). The van der Waals surface area contributed by atoms with E-state index in [0.29, 0.717) is 47.0 Å². The Balaban J connectivity index is 0.000000823. The van der Waals surface area contributed by atoms with Crippen molar-refractivity contribution in [1.29, 1.82) is 0 Å². The molecular formula is C42H78O8P2S4. The van der Waals surface area contributed by atoms with Crippen LogP contribution >= 0.6 is 61.6 Å². The first-order valence-electron chi connectivity index (χ1n) is 21.6. The summed E-state index contributed by atoms with van der Waals surface area (Å²) in [7, 11) is -1.76. The Morgan fingerprint density at radius 2 is 0.482 bits per heavy atom. The molecule has 4 N–H and O–H groups in total. The van der Waals surface area contributed by atoms with Gasteiger partial charge in [-0.05, 0) is 0 Å². The van der Waals surface area contributed by atoms with Gasteiger partial charge in [-0.1, -0.05) is 47.0 Å². The zero-order valence-electron chi connectivity index (χ0n) is 36.0. The van der Waals surface area contributed by atoms with E-state index in [4.69, 9.17) is 20.4 Å². The molecule has 0 radical (unpaired) electrons. The summed E-state index contributed by atoms with van der Waals surface area (Å²) in [6.45, 7) is 18.9. The Morgan fingerprint density at radius 1 is 0.339 bits per heavy atom. The largest absolute Gasteiger partial charge is 0.477 e. The van der Waals surface area contributed by atoms with Crippen molar-refractivity contribution < 1.29 is 39.6 Å². The molecule has 0 saturated carbocycles. The van der Waals surface area contributed by atoms with E-state index < -0.39 is 38.4 Å². The summed E-state index contributed by atoms with van der Waals surface area (Å²) >= 11 is 2.67. The summed E-state index contributed by atoms with van der Waals surface area (Å²) in [5.74, 6) is -5.65. The van der Waals surface area contributed by atoms with Gasteiger partial charge < -0.3 is 20.4 Å². The van der Waals surface area contributed by atoms with Crippen molar-refractivity contribution in [2.45, 2.75) is 158 Å². The van der Waals surface area contributed by atoms with E-state index >= 15 is 0 Å². The summed E-state index contributed by atoms with van der Waals surface area (Å²) < 4.78 is 0.472. The average Bonchev–Trinajstić information content (AvgIpc) is 3.84. The summed E-state index contributed by atoms with van der Waals surface area (Å²) in [4.78, 5) is 42.6. The summed E-state index contributed by atoms with van der Waals surface area (Å²) in [5, 5.41) is 35.9. The molecule has 0 atom stereocenters. The SMILES string of the molecule is CCCC[PH](CCCC)(CCCC)CCCC.CCCC[PH](CCCC)(CCCC)CCCC.O=C(O)C1=C(C(=O)O)SC(=C2SC(C(=O)O)=C(C(=O)O)S2)S1. The fourth-order valence-electron chi connectivity index (χ4n) is 7.24. The maximum atomic E-state index is 11.0. The molecule has 8 nitrogen and oxygen atoms in total. The zero-order chi connectivity index (χ0) is 42.6. The number of unbranched alkanes of at least 4 members (excludes halogenated alkanes) is 8. The molecule has 0 aromatic heterocycles. The number of rotatable bonds is 28. The molecule has 2 aliphatic heterocycles. The molecule has 0 bridgehead atoms. The van der Waals surface area contributed by atoms with Crippen LogP contribution in [0.25, 0.3) is 0 Å². The molecule has 0 spiro atoms.